The van der Waals surface area contributed by atoms with Gasteiger partial charge in [0, 0.05) is 37.3 Å². The van der Waals surface area contributed by atoms with E-state index in [4.69, 9.17) is 4.42 Å². The molecule has 1 aliphatic heterocycles. The lowest BCUT2D eigenvalue weighted by atomic mass is 9.96. The summed E-state index contributed by atoms with van der Waals surface area (Å²) in [5, 5.41) is 0. The Hall–Kier alpha value is -4.55. The van der Waals surface area contributed by atoms with Crippen molar-refractivity contribution in [2.24, 2.45) is 0 Å². The van der Waals surface area contributed by atoms with Crippen molar-refractivity contribution in [3.05, 3.63) is 138 Å². The lowest BCUT2D eigenvalue weighted by Gasteiger charge is -2.40. The highest BCUT2D eigenvalue weighted by Gasteiger charge is 2.29. The molecule has 0 spiro atoms. The maximum absolute atomic E-state index is 13.7. The van der Waals surface area contributed by atoms with Crippen LogP contribution in [0.1, 0.15) is 27.5 Å². The fourth-order valence-electron chi connectivity index (χ4n) is 5.24. The van der Waals surface area contributed by atoms with Gasteiger partial charge in [-0.3, -0.25) is 9.69 Å². The Balaban J connectivity index is 1.21. The van der Waals surface area contributed by atoms with E-state index in [1.807, 2.05) is 41.3 Å². The molecule has 5 nitrogen and oxygen atoms in total. The minimum absolute atomic E-state index is 0.0391. The van der Waals surface area contributed by atoms with Crippen molar-refractivity contribution in [1.29, 1.82) is 0 Å². The van der Waals surface area contributed by atoms with Crippen LogP contribution in [0.2, 0.25) is 0 Å². The van der Waals surface area contributed by atoms with Crippen LogP contribution in [0.25, 0.3) is 22.8 Å². The standard InChI is InChI=1S/C33H28FN3O2/c34-27-17-15-24(16-18-27)30-23-35-32(39-30)28-13-7-8-14-29(28)33(38)37-21-19-36(20-22-37)31(25-9-3-1-4-10-25)26-11-5-2-6-12-26/h1-18,23,31H,19-22H2. The van der Waals surface area contributed by atoms with E-state index in [1.54, 1.807) is 18.3 Å². The van der Waals surface area contributed by atoms with Crippen LogP contribution in [0.15, 0.2) is 120 Å². The second-order valence-corrected chi connectivity index (χ2v) is 9.63. The van der Waals surface area contributed by atoms with E-state index in [1.165, 1.54) is 23.3 Å². The molecule has 1 saturated heterocycles. The Labute approximate surface area is 227 Å². The first-order valence-electron chi connectivity index (χ1n) is 13.1. The molecule has 5 aromatic rings. The molecular formula is C33H28FN3O2. The van der Waals surface area contributed by atoms with E-state index in [0.29, 0.717) is 35.9 Å². The molecule has 1 fully saturated rings. The highest BCUT2D eigenvalue weighted by molar-refractivity contribution is 6.00. The number of carbonyl (C=O) groups is 1. The number of rotatable bonds is 6. The molecule has 0 bridgehead atoms. The van der Waals surface area contributed by atoms with Crippen molar-refractivity contribution in [1.82, 2.24) is 14.8 Å². The van der Waals surface area contributed by atoms with Crippen LogP contribution in [0, 0.1) is 5.82 Å². The van der Waals surface area contributed by atoms with Crippen LogP contribution in [-0.2, 0) is 0 Å². The molecule has 0 aliphatic carbocycles. The SMILES string of the molecule is O=C(c1ccccc1-c1ncc(-c2ccc(F)cc2)o1)N1CCN(C(c2ccccc2)c2ccccc2)CC1. The van der Waals surface area contributed by atoms with Gasteiger partial charge in [-0.25, -0.2) is 9.37 Å². The average Bonchev–Trinajstić information content (AvgIpc) is 3.49. The Morgan fingerprint density at radius 3 is 1.97 bits per heavy atom. The molecule has 194 valence electrons. The Kier molecular flexibility index (Phi) is 7.02. The van der Waals surface area contributed by atoms with Gasteiger partial charge in [0.2, 0.25) is 5.89 Å². The monoisotopic (exact) mass is 517 g/mol. The van der Waals surface area contributed by atoms with Crippen LogP contribution < -0.4 is 0 Å². The van der Waals surface area contributed by atoms with Crippen molar-refractivity contribution in [2.75, 3.05) is 26.2 Å². The number of hydrogen-bond acceptors (Lipinski definition) is 4. The highest BCUT2D eigenvalue weighted by Crippen LogP contribution is 2.31. The van der Waals surface area contributed by atoms with Gasteiger partial charge in [0.25, 0.3) is 5.91 Å². The van der Waals surface area contributed by atoms with Gasteiger partial charge < -0.3 is 9.32 Å². The quantitative estimate of drug-likeness (QED) is 0.252. The number of piperazine rings is 1. The van der Waals surface area contributed by atoms with E-state index in [2.05, 4.69) is 58.4 Å². The molecule has 0 unspecified atom stereocenters. The number of carbonyl (C=O) groups excluding carboxylic acids is 1. The molecule has 0 N–H and O–H groups in total. The minimum atomic E-state index is -0.312. The molecule has 2 heterocycles. The van der Waals surface area contributed by atoms with Crippen molar-refractivity contribution in [3.8, 4) is 22.8 Å². The summed E-state index contributed by atoms with van der Waals surface area (Å²) in [5.74, 6) is 0.537. The second kappa shape index (κ2) is 11.1. The Bertz CT molecular complexity index is 1500. The average molecular weight is 518 g/mol. The summed E-state index contributed by atoms with van der Waals surface area (Å²) < 4.78 is 19.3. The topological polar surface area (TPSA) is 49.6 Å². The van der Waals surface area contributed by atoms with E-state index in [0.717, 1.165) is 18.7 Å². The molecule has 1 aromatic heterocycles. The highest BCUT2D eigenvalue weighted by atomic mass is 19.1. The van der Waals surface area contributed by atoms with Gasteiger partial charge in [0.05, 0.1) is 17.8 Å². The maximum atomic E-state index is 13.7. The fourth-order valence-corrected chi connectivity index (χ4v) is 5.24. The molecule has 1 aliphatic rings. The number of halogens is 1. The van der Waals surface area contributed by atoms with Gasteiger partial charge in [0.1, 0.15) is 5.82 Å². The van der Waals surface area contributed by atoms with Crippen LogP contribution in [0.3, 0.4) is 0 Å². The smallest absolute Gasteiger partial charge is 0.254 e. The first-order chi connectivity index (χ1) is 19.2. The molecule has 6 rings (SSSR count). The Morgan fingerprint density at radius 2 is 1.33 bits per heavy atom. The van der Waals surface area contributed by atoms with Crippen molar-refractivity contribution in [2.45, 2.75) is 6.04 Å². The minimum Gasteiger partial charge on any atom is -0.436 e. The zero-order valence-corrected chi connectivity index (χ0v) is 21.4. The molecule has 4 aromatic carbocycles. The van der Waals surface area contributed by atoms with Crippen molar-refractivity contribution < 1.29 is 13.6 Å². The van der Waals surface area contributed by atoms with Gasteiger partial charge >= 0.3 is 0 Å². The molecule has 0 saturated carbocycles. The van der Waals surface area contributed by atoms with Crippen LogP contribution >= 0.6 is 0 Å². The normalized spacial score (nSPS) is 14.1. The van der Waals surface area contributed by atoms with E-state index in [-0.39, 0.29) is 17.8 Å². The number of nitrogens with zero attached hydrogens (tertiary/aromatic N) is 3. The zero-order valence-electron chi connectivity index (χ0n) is 21.4. The Morgan fingerprint density at radius 1 is 0.744 bits per heavy atom. The molecular weight excluding hydrogens is 489 g/mol. The molecule has 39 heavy (non-hydrogen) atoms. The van der Waals surface area contributed by atoms with Crippen molar-refractivity contribution >= 4 is 5.91 Å². The zero-order chi connectivity index (χ0) is 26.6. The number of aromatic nitrogens is 1. The third-order valence-corrected chi connectivity index (χ3v) is 7.22. The number of benzene rings is 4. The third kappa shape index (κ3) is 5.24. The number of oxazole rings is 1. The van der Waals surface area contributed by atoms with Crippen LogP contribution in [0.4, 0.5) is 4.39 Å². The van der Waals surface area contributed by atoms with Crippen molar-refractivity contribution in [3.63, 3.8) is 0 Å². The summed E-state index contributed by atoms with van der Waals surface area (Å²) in [6, 6.07) is 34.7. The van der Waals surface area contributed by atoms with E-state index in [9.17, 15) is 9.18 Å². The van der Waals surface area contributed by atoms with Gasteiger partial charge in [0.15, 0.2) is 5.76 Å². The maximum Gasteiger partial charge on any atom is 0.254 e. The lowest BCUT2D eigenvalue weighted by molar-refractivity contribution is 0.0598. The third-order valence-electron chi connectivity index (χ3n) is 7.22. The lowest BCUT2D eigenvalue weighted by Crippen LogP contribution is -2.50. The summed E-state index contributed by atoms with van der Waals surface area (Å²) >= 11 is 0. The predicted octanol–water partition coefficient (Wildman–Crippen LogP) is 6.70. The second-order valence-electron chi connectivity index (χ2n) is 9.63. The van der Waals surface area contributed by atoms with E-state index < -0.39 is 0 Å². The summed E-state index contributed by atoms with van der Waals surface area (Å²) in [6.45, 7) is 2.76. The molecule has 0 atom stereocenters. The summed E-state index contributed by atoms with van der Waals surface area (Å²) in [4.78, 5) is 22.5. The largest absolute Gasteiger partial charge is 0.436 e. The van der Waals surface area contributed by atoms with Gasteiger partial charge in [-0.1, -0.05) is 72.8 Å². The van der Waals surface area contributed by atoms with Crippen LogP contribution in [0.5, 0.6) is 0 Å². The summed E-state index contributed by atoms with van der Waals surface area (Å²) in [6.07, 6.45) is 1.61. The summed E-state index contributed by atoms with van der Waals surface area (Å²) in [5.41, 5.74) is 4.41. The predicted molar refractivity (Wildman–Crippen MR) is 150 cm³/mol. The molecule has 0 radical (unpaired) electrons. The van der Waals surface area contributed by atoms with Crippen LogP contribution in [-0.4, -0.2) is 46.9 Å². The van der Waals surface area contributed by atoms with E-state index >= 15 is 0 Å². The van der Waals surface area contributed by atoms with Gasteiger partial charge in [-0.05, 0) is 47.5 Å². The number of amides is 1. The first kappa shape index (κ1) is 24.8. The number of hydrogen-bond donors (Lipinski definition) is 0. The van der Waals surface area contributed by atoms with Gasteiger partial charge in [-0.2, -0.15) is 0 Å². The first-order valence-corrected chi connectivity index (χ1v) is 13.1. The summed E-state index contributed by atoms with van der Waals surface area (Å²) in [7, 11) is 0. The van der Waals surface area contributed by atoms with Gasteiger partial charge in [-0.15, -0.1) is 0 Å². The fraction of sp³-hybridized carbons (Fsp3) is 0.152. The molecule has 1 amide bonds. The molecule has 6 heteroatoms.